The van der Waals surface area contributed by atoms with E-state index in [1.807, 2.05) is 42.6 Å². The molecule has 150 valence electrons. The van der Waals surface area contributed by atoms with E-state index in [0.29, 0.717) is 13.0 Å². The van der Waals surface area contributed by atoms with Gasteiger partial charge in [-0.1, -0.05) is 37.3 Å². The normalized spacial score (nSPS) is 15.3. The van der Waals surface area contributed by atoms with Crippen LogP contribution in [0.25, 0.3) is 10.6 Å². The lowest BCUT2D eigenvalue weighted by Crippen LogP contribution is -2.47. The van der Waals surface area contributed by atoms with E-state index in [1.54, 1.807) is 11.3 Å². The molecule has 0 spiro atoms. The molecule has 0 atom stereocenters. The van der Waals surface area contributed by atoms with Crippen LogP contribution in [-0.4, -0.2) is 53.9 Å². The number of nitrogens with zero attached hydrogens (tertiary/aromatic N) is 2. The standard InChI is InChI=1S/C21H28N4O2S/c1-2-10-22-20(27)14-25-11-8-17(9-12-25)23-19(26)13-18-15-28-21(24-18)16-6-4-3-5-7-16/h3-7,15,17H,2,8-14H2,1H3,(H,22,27)(H,23,26). The van der Waals surface area contributed by atoms with Crippen LogP contribution in [0.15, 0.2) is 35.7 Å². The average molecular weight is 401 g/mol. The minimum atomic E-state index is 0.0176. The van der Waals surface area contributed by atoms with Crippen LogP contribution in [0.2, 0.25) is 0 Å². The molecule has 0 unspecified atom stereocenters. The molecule has 1 aromatic carbocycles. The van der Waals surface area contributed by atoms with E-state index in [2.05, 4.69) is 20.5 Å². The van der Waals surface area contributed by atoms with Gasteiger partial charge in [0.15, 0.2) is 0 Å². The van der Waals surface area contributed by atoms with Crippen molar-refractivity contribution in [3.8, 4) is 10.6 Å². The van der Waals surface area contributed by atoms with Crippen LogP contribution in [0.5, 0.6) is 0 Å². The number of carbonyl (C=O) groups is 2. The Bertz CT molecular complexity index is 770. The topological polar surface area (TPSA) is 74.3 Å². The number of amides is 2. The highest BCUT2D eigenvalue weighted by atomic mass is 32.1. The summed E-state index contributed by atoms with van der Waals surface area (Å²) in [5.74, 6) is 0.103. The zero-order chi connectivity index (χ0) is 19.8. The van der Waals surface area contributed by atoms with Crippen molar-refractivity contribution in [2.75, 3.05) is 26.2 Å². The second-order valence-electron chi connectivity index (χ2n) is 7.15. The fraction of sp³-hybridized carbons (Fsp3) is 0.476. The smallest absolute Gasteiger partial charge is 0.234 e. The second kappa shape index (κ2) is 10.3. The lowest BCUT2D eigenvalue weighted by molar-refractivity contribution is -0.124. The predicted octanol–water partition coefficient (Wildman–Crippen LogP) is 2.46. The molecule has 1 aliphatic rings. The SMILES string of the molecule is CCCNC(=O)CN1CCC(NC(=O)Cc2csc(-c3ccccc3)n2)CC1. The Balaban J connectivity index is 1.40. The summed E-state index contributed by atoms with van der Waals surface area (Å²) >= 11 is 1.57. The summed E-state index contributed by atoms with van der Waals surface area (Å²) in [6.07, 6.45) is 3.01. The molecular weight excluding hydrogens is 372 g/mol. The van der Waals surface area contributed by atoms with Crippen LogP contribution in [-0.2, 0) is 16.0 Å². The third-order valence-corrected chi connectivity index (χ3v) is 5.75. The van der Waals surface area contributed by atoms with Gasteiger partial charge < -0.3 is 10.6 Å². The number of nitrogens with one attached hydrogen (secondary N) is 2. The summed E-state index contributed by atoms with van der Waals surface area (Å²) in [6, 6.07) is 10.2. The van der Waals surface area contributed by atoms with Crippen LogP contribution < -0.4 is 10.6 Å². The molecule has 0 bridgehead atoms. The molecule has 2 N–H and O–H groups in total. The summed E-state index contributed by atoms with van der Waals surface area (Å²) in [6.45, 7) is 4.89. The van der Waals surface area contributed by atoms with Crippen LogP contribution in [0.1, 0.15) is 31.9 Å². The Kier molecular flexibility index (Phi) is 7.56. The van der Waals surface area contributed by atoms with Crippen molar-refractivity contribution in [2.45, 2.75) is 38.6 Å². The highest BCUT2D eigenvalue weighted by Gasteiger charge is 2.22. The quantitative estimate of drug-likeness (QED) is 0.714. The molecule has 7 heteroatoms. The van der Waals surface area contributed by atoms with Crippen LogP contribution in [0, 0.1) is 0 Å². The second-order valence-corrected chi connectivity index (χ2v) is 8.01. The van der Waals surface area contributed by atoms with Crippen LogP contribution in [0.4, 0.5) is 0 Å². The van der Waals surface area contributed by atoms with Gasteiger partial charge in [0.1, 0.15) is 5.01 Å². The molecule has 1 saturated heterocycles. The minimum Gasteiger partial charge on any atom is -0.355 e. The van der Waals surface area contributed by atoms with E-state index in [0.717, 1.165) is 55.2 Å². The Hall–Kier alpha value is -2.25. The van der Waals surface area contributed by atoms with Crippen molar-refractivity contribution >= 4 is 23.2 Å². The van der Waals surface area contributed by atoms with Crippen molar-refractivity contribution in [1.29, 1.82) is 0 Å². The molecule has 0 aliphatic carbocycles. The van der Waals surface area contributed by atoms with Crippen molar-refractivity contribution in [1.82, 2.24) is 20.5 Å². The first-order valence-electron chi connectivity index (χ1n) is 9.92. The van der Waals surface area contributed by atoms with Gasteiger partial charge in [-0.3, -0.25) is 14.5 Å². The maximum absolute atomic E-state index is 12.4. The third-order valence-electron chi connectivity index (χ3n) is 4.81. The molecule has 6 nitrogen and oxygen atoms in total. The van der Waals surface area contributed by atoms with Crippen molar-refractivity contribution < 1.29 is 9.59 Å². The van der Waals surface area contributed by atoms with Crippen molar-refractivity contribution in [3.05, 3.63) is 41.4 Å². The Labute approximate surface area is 170 Å². The minimum absolute atomic E-state index is 0.0176. The molecule has 28 heavy (non-hydrogen) atoms. The van der Waals surface area contributed by atoms with Gasteiger partial charge in [0.2, 0.25) is 11.8 Å². The molecule has 2 heterocycles. The lowest BCUT2D eigenvalue weighted by atomic mass is 10.0. The summed E-state index contributed by atoms with van der Waals surface area (Å²) < 4.78 is 0. The van der Waals surface area contributed by atoms with Gasteiger partial charge in [0.05, 0.1) is 18.7 Å². The first-order chi connectivity index (χ1) is 13.6. The maximum Gasteiger partial charge on any atom is 0.234 e. The largest absolute Gasteiger partial charge is 0.355 e. The van der Waals surface area contributed by atoms with Crippen molar-refractivity contribution in [3.63, 3.8) is 0 Å². The number of hydrogen-bond acceptors (Lipinski definition) is 5. The molecule has 3 rings (SSSR count). The van der Waals surface area contributed by atoms with E-state index in [4.69, 9.17) is 0 Å². The lowest BCUT2D eigenvalue weighted by Gasteiger charge is -2.31. The Morgan fingerprint density at radius 1 is 1.18 bits per heavy atom. The first kappa shape index (κ1) is 20.5. The Morgan fingerprint density at radius 2 is 1.93 bits per heavy atom. The highest BCUT2D eigenvalue weighted by molar-refractivity contribution is 7.13. The summed E-state index contributed by atoms with van der Waals surface area (Å²) in [5.41, 5.74) is 1.89. The van der Waals surface area contributed by atoms with Gasteiger partial charge in [0.25, 0.3) is 0 Å². The van der Waals surface area contributed by atoms with E-state index < -0.39 is 0 Å². The van der Waals surface area contributed by atoms with Crippen molar-refractivity contribution in [2.24, 2.45) is 0 Å². The number of benzene rings is 1. The number of carbonyl (C=O) groups excluding carboxylic acids is 2. The number of thiazole rings is 1. The average Bonchev–Trinajstić information content (AvgIpc) is 3.17. The fourth-order valence-corrected chi connectivity index (χ4v) is 4.13. The summed E-state index contributed by atoms with van der Waals surface area (Å²) in [7, 11) is 0. The molecule has 2 aromatic rings. The summed E-state index contributed by atoms with van der Waals surface area (Å²) in [4.78, 5) is 30.9. The van der Waals surface area contributed by atoms with E-state index >= 15 is 0 Å². The van der Waals surface area contributed by atoms with Crippen LogP contribution >= 0.6 is 11.3 Å². The van der Waals surface area contributed by atoms with Gasteiger partial charge in [0, 0.05) is 36.6 Å². The maximum atomic E-state index is 12.4. The van der Waals surface area contributed by atoms with Gasteiger partial charge >= 0.3 is 0 Å². The van der Waals surface area contributed by atoms with E-state index in [9.17, 15) is 9.59 Å². The third kappa shape index (κ3) is 6.14. The van der Waals surface area contributed by atoms with Gasteiger partial charge in [-0.25, -0.2) is 4.98 Å². The fourth-order valence-electron chi connectivity index (χ4n) is 3.30. The van der Waals surface area contributed by atoms with Gasteiger partial charge in [-0.05, 0) is 19.3 Å². The molecule has 1 aliphatic heterocycles. The predicted molar refractivity (Wildman–Crippen MR) is 112 cm³/mol. The van der Waals surface area contributed by atoms with E-state index in [-0.39, 0.29) is 17.9 Å². The highest BCUT2D eigenvalue weighted by Crippen LogP contribution is 2.23. The number of aromatic nitrogens is 1. The zero-order valence-corrected chi connectivity index (χ0v) is 17.1. The number of likely N-dealkylation sites (tertiary alicyclic amines) is 1. The zero-order valence-electron chi connectivity index (χ0n) is 16.3. The number of piperidine rings is 1. The molecule has 2 amide bonds. The van der Waals surface area contributed by atoms with Gasteiger partial charge in [-0.2, -0.15) is 0 Å². The number of hydrogen-bond donors (Lipinski definition) is 2. The molecule has 1 fully saturated rings. The molecule has 0 saturated carbocycles. The first-order valence-corrected chi connectivity index (χ1v) is 10.8. The molecule has 0 radical (unpaired) electrons. The monoisotopic (exact) mass is 400 g/mol. The van der Waals surface area contributed by atoms with Gasteiger partial charge in [-0.15, -0.1) is 11.3 Å². The van der Waals surface area contributed by atoms with E-state index in [1.165, 1.54) is 0 Å². The number of rotatable bonds is 8. The summed E-state index contributed by atoms with van der Waals surface area (Å²) in [5, 5.41) is 8.93. The molecular formula is C21H28N4O2S. The van der Waals surface area contributed by atoms with Crippen LogP contribution in [0.3, 0.4) is 0 Å². The Morgan fingerprint density at radius 3 is 2.64 bits per heavy atom. The molecule has 1 aromatic heterocycles.